The molecule has 0 aromatic rings. The first-order chi connectivity index (χ1) is 5.13. The van der Waals surface area contributed by atoms with E-state index in [-0.39, 0.29) is 17.7 Å². The van der Waals surface area contributed by atoms with Gasteiger partial charge in [0.1, 0.15) is 0 Å². The van der Waals surface area contributed by atoms with E-state index < -0.39 is 11.3 Å². The maximum atomic E-state index is 10.7. The van der Waals surface area contributed by atoms with Crippen LogP contribution >= 0.6 is 27.5 Å². The van der Waals surface area contributed by atoms with Crippen LogP contribution in [0.15, 0.2) is 0 Å². The fraction of sp³-hybridized carbons (Fsp3) is 0.667. The molecule has 0 N–H and O–H groups in total. The van der Waals surface area contributed by atoms with Crippen LogP contribution in [-0.4, -0.2) is 29.1 Å². The van der Waals surface area contributed by atoms with Crippen LogP contribution in [0.2, 0.25) is 0 Å². The summed E-state index contributed by atoms with van der Waals surface area (Å²) in [4.78, 5) is 21.5. The minimum Gasteiger partial charge on any atom is -0.465 e. The van der Waals surface area contributed by atoms with Crippen LogP contribution in [0.1, 0.15) is 6.92 Å². The van der Waals surface area contributed by atoms with Crippen molar-refractivity contribution in [1.82, 2.24) is 0 Å². The topological polar surface area (TPSA) is 43.4 Å². The Morgan fingerprint density at radius 2 is 2.18 bits per heavy atom. The van der Waals surface area contributed by atoms with Crippen molar-refractivity contribution in [2.24, 2.45) is 0 Å². The second-order valence-electron chi connectivity index (χ2n) is 1.71. The Hall–Kier alpha value is -0.0900. The molecular weight excluding hydrogens is 235 g/mol. The molecule has 0 aromatic carbocycles. The van der Waals surface area contributed by atoms with Crippen LogP contribution in [-0.2, 0) is 14.3 Å². The Morgan fingerprint density at radius 1 is 1.64 bits per heavy atom. The van der Waals surface area contributed by atoms with E-state index in [1.54, 1.807) is 6.92 Å². The molecule has 5 heteroatoms. The number of hydrogen-bond acceptors (Lipinski definition) is 3. The number of Topliss-reactive ketones (excluding diaryl/α,β-unsaturated/α-hetero) is 1. The van der Waals surface area contributed by atoms with Gasteiger partial charge in [0.25, 0.3) is 0 Å². The summed E-state index contributed by atoms with van der Waals surface area (Å²) in [7, 11) is 0. The highest BCUT2D eigenvalue weighted by Crippen LogP contribution is 2.02. The summed E-state index contributed by atoms with van der Waals surface area (Å²) >= 11 is 8.30. The summed E-state index contributed by atoms with van der Waals surface area (Å²) < 4.78 is 4.51. The van der Waals surface area contributed by atoms with E-state index in [0.29, 0.717) is 0 Å². The van der Waals surface area contributed by atoms with Crippen molar-refractivity contribution in [2.75, 3.05) is 11.9 Å². The molecular formula is C6H8BrClO3. The molecule has 11 heavy (non-hydrogen) atoms. The Kier molecular flexibility index (Phi) is 5.50. The molecule has 0 saturated heterocycles. The number of halogens is 2. The summed E-state index contributed by atoms with van der Waals surface area (Å²) in [6.07, 6.45) is 0. The van der Waals surface area contributed by atoms with E-state index in [9.17, 15) is 9.59 Å². The van der Waals surface area contributed by atoms with Crippen molar-refractivity contribution >= 4 is 39.3 Å². The Labute approximate surface area is 78.2 Å². The van der Waals surface area contributed by atoms with E-state index in [2.05, 4.69) is 20.7 Å². The number of alkyl halides is 2. The lowest BCUT2D eigenvalue weighted by Gasteiger charge is -2.04. The maximum Gasteiger partial charge on any atom is 0.331 e. The molecule has 0 bridgehead atoms. The monoisotopic (exact) mass is 242 g/mol. The van der Waals surface area contributed by atoms with Gasteiger partial charge in [-0.3, -0.25) is 4.79 Å². The Morgan fingerprint density at radius 3 is 2.55 bits per heavy atom. The molecule has 0 heterocycles. The standard InChI is InChI=1S/C6H8BrClO3/c1-2-11-6(10)5(8)4(9)3-7/h5H,2-3H2,1H3. The van der Waals surface area contributed by atoms with Gasteiger partial charge >= 0.3 is 5.97 Å². The third-order valence-electron chi connectivity index (χ3n) is 0.908. The largest absolute Gasteiger partial charge is 0.465 e. The van der Waals surface area contributed by atoms with Gasteiger partial charge in [-0.25, -0.2) is 4.79 Å². The molecule has 0 saturated carbocycles. The number of hydrogen-bond donors (Lipinski definition) is 0. The molecule has 0 aliphatic carbocycles. The summed E-state index contributed by atoms with van der Waals surface area (Å²) in [6.45, 7) is 1.89. The quantitative estimate of drug-likeness (QED) is 0.422. The second kappa shape index (κ2) is 5.55. The lowest BCUT2D eigenvalue weighted by Crippen LogP contribution is -2.27. The average molecular weight is 243 g/mol. The maximum absolute atomic E-state index is 10.7. The lowest BCUT2D eigenvalue weighted by atomic mass is 10.3. The normalized spacial score (nSPS) is 12.3. The zero-order valence-corrected chi connectivity index (χ0v) is 8.31. The molecule has 64 valence electrons. The average Bonchev–Trinajstić information content (AvgIpc) is 2.02. The SMILES string of the molecule is CCOC(=O)C(Cl)C(=O)CBr. The van der Waals surface area contributed by atoms with Crippen LogP contribution in [0.3, 0.4) is 0 Å². The van der Waals surface area contributed by atoms with E-state index >= 15 is 0 Å². The number of carbonyl (C=O) groups excluding carboxylic acids is 2. The predicted octanol–water partition coefficient (Wildman–Crippen LogP) is 1.12. The predicted molar refractivity (Wildman–Crippen MR) is 45.1 cm³/mol. The van der Waals surface area contributed by atoms with Crippen molar-refractivity contribution in [1.29, 1.82) is 0 Å². The number of rotatable bonds is 4. The zero-order chi connectivity index (χ0) is 8.85. The van der Waals surface area contributed by atoms with E-state index in [0.717, 1.165) is 0 Å². The molecule has 0 radical (unpaired) electrons. The molecule has 0 fully saturated rings. The smallest absolute Gasteiger partial charge is 0.331 e. The first-order valence-corrected chi connectivity index (χ1v) is 4.58. The van der Waals surface area contributed by atoms with Crippen molar-refractivity contribution in [3.05, 3.63) is 0 Å². The van der Waals surface area contributed by atoms with Crippen LogP contribution in [0, 0.1) is 0 Å². The first-order valence-electron chi connectivity index (χ1n) is 3.02. The zero-order valence-electron chi connectivity index (χ0n) is 5.97. The molecule has 1 atom stereocenters. The highest BCUT2D eigenvalue weighted by Gasteiger charge is 2.23. The van der Waals surface area contributed by atoms with Crippen molar-refractivity contribution in [3.63, 3.8) is 0 Å². The number of ether oxygens (including phenoxy) is 1. The molecule has 0 aliphatic heterocycles. The van der Waals surface area contributed by atoms with E-state index in [4.69, 9.17) is 11.6 Å². The summed E-state index contributed by atoms with van der Waals surface area (Å²) in [5.41, 5.74) is 0. The fourth-order valence-corrected chi connectivity index (χ4v) is 1.06. The highest BCUT2D eigenvalue weighted by molar-refractivity contribution is 9.09. The minimum absolute atomic E-state index is 0.0694. The van der Waals surface area contributed by atoms with Crippen LogP contribution in [0.4, 0.5) is 0 Å². The molecule has 0 aliphatic rings. The molecule has 0 amide bonds. The number of ketones is 1. The van der Waals surface area contributed by atoms with Gasteiger partial charge < -0.3 is 4.74 Å². The van der Waals surface area contributed by atoms with Crippen LogP contribution in [0.25, 0.3) is 0 Å². The molecule has 0 spiro atoms. The fourth-order valence-electron chi connectivity index (χ4n) is 0.415. The van der Waals surface area contributed by atoms with Gasteiger partial charge in [0.05, 0.1) is 11.9 Å². The molecule has 3 nitrogen and oxygen atoms in total. The van der Waals surface area contributed by atoms with Gasteiger partial charge in [-0.15, -0.1) is 11.6 Å². The van der Waals surface area contributed by atoms with Crippen molar-refractivity contribution < 1.29 is 14.3 Å². The van der Waals surface area contributed by atoms with Gasteiger partial charge in [0.2, 0.25) is 0 Å². The molecule has 1 unspecified atom stereocenters. The Balaban J connectivity index is 3.91. The molecule has 0 aromatic heterocycles. The highest BCUT2D eigenvalue weighted by atomic mass is 79.9. The number of esters is 1. The van der Waals surface area contributed by atoms with Crippen LogP contribution < -0.4 is 0 Å². The van der Waals surface area contributed by atoms with Crippen molar-refractivity contribution in [2.45, 2.75) is 12.3 Å². The van der Waals surface area contributed by atoms with Crippen LogP contribution in [0.5, 0.6) is 0 Å². The first kappa shape index (κ1) is 10.9. The van der Waals surface area contributed by atoms with Gasteiger partial charge in [-0.2, -0.15) is 0 Å². The Bertz CT molecular complexity index is 160. The molecule has 0 rings (SSSR count). The van der Waals surface area contributed by atoms with Gasteiger partial charge in [-0.05, 0) is 6.92 Å². The van der Waals surface area contributed by atoms with Crippen molar-refractivity contribution in [3.8, 4) is 0 Å². The summed E-state index contributed by atoms with van der Waals surface area (Å²) in [5.74, 6) is -1.07. The van der Waals surface area contributed by atoms with E-state index in [1.165, 1.54) is 0 Å². The summed E-state index contributed by atoms with van der Waals surface area (Å²) in [5, 5.41) is -1.10. The lowest BCUT2D eigenvalue weighted by molar-refractivity contribution is -0.144. The van der Waals surface area contributed by atoms with E-state index in [1.807, 2.05) is 0 Å². The third kappa shape index (κ3) is 3.72. The van der Waals surface area contributed by atoms with Gasteiger partial charge in [0, 0.05) is 0 Å². The second-order valence-corrected chi connectivity index (χ2v) is 2.71. The third-order valence-corrected chi connectivity index (χ3v) is 1.88. The van der Waals surface area contributed by atoms with Gasteiger partial charge in [0.15, 0.2) is 11.2 Å². The van der Waals surface area contributed by atoms with Gasteiger partial charge in [-0.1, -0.05) is 15.9 Å². The minimum atomic E-state index is -1.17. The summed E-state index contributed by atoms with van der Waals surface area (Å²) in [6, 6.07) is 0. The number of carbonyl (C=O) groups is 2.